The minimum Gasteiger partial charge on any atom is -0.485 e. The zero-order chi connectivity index (χ0) is 28.3. The fourth-order valence-corrected chi connectivity index (χ4v) is 3.51. The lowest BCUT2D eigenvalue weighted by molar-refractivity contribution is -0.144. The Hall–Kier alpha value is -3.93. The number of carboxylic acid groups (broad SMARTS) is 1. The Morgan fingerprint density at radius 2 is 1.46 bits per heavy atom. The molecule has 0 bridgehead atoms. The number of phosphoric acid groups is 1. The van der Waals surface area contributed by atoms with Crippen molar-refractivity contribution in [1.82, 2.24) is 10.9 Å². The molecule has 39 heavy (non-hydrogen) atoms. The van der Waals surface area contributed by atoms with Gasteiger partial charge in [0.1, 0.15) is 18.8 Å². The highest BCUT2D eigenvalue weighted by molar-refractivity contribution is 7.46. The van der Waals surface area contributed by atoms with E-state index in [1.54, 1.807) is 30.3 Å². The van der Waals surface area contributed by atoms with E-state index in [0.29, 0.717) is 5.56 Å². The summed E-state index contributed by atoms with van der Waals surface area (Å²) in [6.45, 7) is 0.793. The molecule has 0 aromatic heterocycles. The maximum absolute atomic E-state index is 12.1. The van der Waals surface area contributed by atoms with Gasteiger partial charge in [-0.1, -0.05) is 66.7 Å². The maximum atomic E-state index is 12.1. The number of hydrogen-bond donors (Lipinski definition) is 5. The van der Waals surface area contributed by atoms with Crippen molar-refractivity contribution in [2.24, 2.45) is 0 Å². The molecular formula is C26H29N2O10P. The average Bonchev–Trinajstić information content (AvgIpc) is 2.91. The van der Waals surface area contributed by atoms with Gasteiger partial charge in [0.15, 0.2) is 11.5 Å². The molecule has 0 aliphatic heterocycles. The second-order valence-electron chi connectivity index (χ2n) is 8.56. The van der Waals surface area contributed by atoms with Crippen molar-refractivity contribution in [2.75, 3.05) is 6.79 Å². The fraction of sp³-hybridized carbons (Fsp3) is 0.231. The second-order valence-corrected chi connectivity index (χ2v) is 9.80. The number of phosphoric ester groups is 1. The monoisotopic (exact) mass is 560 g/mol. The van der Waals surface area contributed by atoms with E-state index in [2.05, 4.69) is 15.4 Å². The van der Waals surface area contributed by atoms with Crippen LogP contribution in [0.25, 0.3) is 0 Å². The number of aliphatic carboxylic acids is 1. The highest BCUT2D eigenvalue weighted by atomic mass is 31.2. The van der Waals surface area contributed by atoms with Crippen molar-refractivity contribution in [1.29, 1.82) is 0 Å². The molecule has 5 N–H and O–H groups in total. The van der Waals surface area contributed by atoms with Crippen LogP contribution in [-0.2, 0) is 38.3 Å². The first-order valence-corrected chi connectivity index (χ1v) is 13.2. The first-order chi connectivity index (χ1) is 18.5. The lowest BCUT2D eigenvalue weighted by Gasteiger charge is -2.27. The van der Waals surface area contributed by atoms with Crippen LogP contribution in [-0.4, -0.2) is 39.3 Å². The molecule has 0 heterocycles. The van der Waals surface area contributed by atoms with Gasteiger partial charge in [-0.05, 0) is 35.7 Å². The summed E-state index contributed by atoms with van der Waals surface area (Å²) in [5.74, 6) is -0.933. The van der Waals surface area contributed by atoms with Crippen LogP contribution in [0.2, 0.25) is 0 Å². The molecule has 3 aromatic rings. The summed E-state index contributed by atoms with van der Waals surface area (Å²) in [5.41, 5.74) is 5.26. The van der Waals surface area contributed by atoms with Gasteiger partial charge in [0, 0.05) is 6.42 Å². The summed E-state index contributed by atoms with van der Waals surface area (Å²) in [6.07, 6.45) is -0.950. The van der Waals surface area contributed by atoms with Crippen LogP contribution < -0.4 is 20.3 Å². The predicted molar refractivity (Wildman–Crippen MR) is 138 cm³/mol. The van der Waals surface area contributed by atoms with Gasteiger partial charge in [-0.15, -0.1) is 0 Å². The summed E-state index contributed by atoms with van der Waals surface area (Å²) in [7, 11) is -4.75. The zero-order valence-corrected chi connectivity index (χ0v) is 21.9. The number of carbonyl (C=O) groups is 2. The Balaban J connectivity index is 1.69. The number of hydrogen-bond acceptors (Lipinski definition) is 8. The Morgan fingerprint density at radius 3 is 2.05 bits per heavy atom. The Labute approximate surface area is 224 Å². The largest absolute Gasteiger partial charge is 0.485 e. The van der Waals surface area contributed by atoms with Gasteiger partial charge in [0.05, 0.1) is 0 Å². The highest BCUT2D eigenvalue weighted by Crippen LogP contribution is 2.37. The van der Waals surface area contributed by atoms with E-state index in [0.717, 1.165) is 11.1 Å². The minimum atomic E-state index is -4.75. The molecule has 0 aliphatic rings. The molecule has 0 radical (unpaired) electrons. The number of nitrogens with one attached hydrogen (secondary N) is 2. The Morgan fingerprint density at radius 1 is 0.846 bits per heavy atom. The van der Waals surface area contributed by atoms with Gasteiger partial charge in [-0.25, -0.2) is 19.3 Å². The number of benzene rings is 3. The Bertz CT molecular complexity index is 1290. The first kappa shape index (κ1) is 29.6. The molecule has 0 fully saturated rings. The van der Waals surface area contributed by atoms with Crippen molar-refractivity contribution in [3.05, 3.63) is 95.6 Å². The molecule has 1 atom stereocenters. The molecule has 0 aliphatic carbocycles. The lowest BCUT2D eigenvalue weighted by atomic mass is 9.93. The molecule has 0 saturated heterocycles. The molecule has 0 spiro atoms. The van der Waals surface area contributed by atoms with E-state index >= 15 is 0 Å². The van der Waals surface area contributed by atoms with Crippen LogP contribution in [0.4, 0.5) is 4.79 Å². The third kappa shape index (κ3) is 10.0. The standard InChI is InChI=1S/C26H29N2O10P/c1-26(24(29)30,28-27-25(31)36-17-20-10-6-3-7-11-20)15-21-12-13-22(37-18-38-39(32,33)34)23(14-21)35-16-19-8-4-2-5-9-19/h2-14,28H,15-18H2,1H3,(H,27,31)(H,29,30)(H2,32,33,34)/t26-/m0/s1. The van der Waals surface area contributed by atoms with E-state index in [9.17, 15) is 19.3 Å². The fourth-order valence-electron chi connectivity index (χ4n) is 3.32. The number of carboxylic acids is 1. The van der Waals surface area contributed by atoms with Crippen LogP contribution in [0.15, 0.2) is 78.9 Å². The SMILES string of the molecule is C[C@@](Cc1ccc(OCOP(=O)(O)O)c(OCc2ccccc2)c1)(NNC(=O)OCc1ccccc1)C(=O)O. The number of rotatable bonds is 14. The summed E-state index contributed by atoms with van der Waals surface area (Å²) in [5, 5.41) is 9.88. The van der Waals surface area contributed by atoms with Gasteiger partial charge in [0.25, 0.3) is 0 Å². The summed E-state index contributed by atoms with van der Waals surface area (Å²) in [4.78, 5) is 42.0. The third-order valence-electron chi connectivity index (χ3n) is 5.36. The number of hydrazine groups is 1. The van der Waals surface area contributed by atoms with E-state index in [1.807, 2.05) is 36.4 Å². The van der Waals surface area contributed by atoms with Crippen LogP contribution >= 0.6 is 7.82 Å². The highest BCUT2D eigenvalue weighted by Gasteiger charge is 2.34. The molecule has 1 amide bonds. The lowest BCUT2D eigenvalue weighted by Crippen LogP contribution is -2.58. The van der Waals surface area contributed by atoms with Crippen LogP contribution in [0, 0.1) is 0 Å². The van der Waals surface area contributed by atoms with Gasteiger partial charge in [0.2, 0.25) is 6.79 Å². The quantitative estimate of drug-likeness (QED) is 0.111. The van der Waals surface area contributed by atoms with E-state index in [-0.39, 0.29) is 31.1 Å². The van der Waals surface area contributed by atoms with Crippen molar-refractivity contribution >= 4 is 19.9 Å². The van der Waals surface area contributed by atoms with Crippen LogP contribution in [0.1, 0.15) is 23.6 Å². The zero-order valence-electron chi connectivity index (χ0n) is 21.0. The van der Waals surface area contributed by atoms with Crippen molar-refractivity contribution in [2.45, 2.75) is 32.1 Å². The second kappa shape index (κ2) is 13.7. The normalized spacial score (nSPS) is 12.7. The number of amides is 1. The van der Waals surface area contributed by atoms with E-state index in [4.69, 9.17) is 24.0 Å². The smallest absolute Gasteiger partial charge is 0.472 e. The van der Waals surface area contributed by atoms with Crippen molar-refractivity contribution in [3.8, 4) is 11.5 Å². The molecule has 208 valence electrons. The van der Waals surface area contributed by atoms with Gasteiger partial charge in [-0.3, -0.25) is 10.2 Å². The molecule has 12 nitrogen and oxygen atoms in total. The molecule has 3 aromatic carbocycles. The van der Waals surface area contributed by atoms with Gasteiger partial charge < -0.3 is 29.1 Å². The molecular weight excluding hydrogens is 531 g/mol. The maximum Gasteiger partial charge on any atom is 0.472 e. The average molecular weight is 560 g/mol. The Kier molecular flexibility index (Phi) is 10.4. The summed E-state index contributed by atoms with van der Waals surface area (Å²) < 4.78 is 31.6. The molecule has 0 unspecified atom stereocenters. The number of carbonyl (C=O) groups excluding carboxylic acids is 1. The van der Waals surface area contributed by atoms with Gasteiger partial charge in [-0.2, -0.15) is 0 Å². The molecule has 0 saturated carbocycles. The van der Waals surface area contributed by atoms with E-state index in [1.165, 1.54) is 19.1 Å². The van der Waals surface area contributed by atoms with Crippen molar-refractivity contribution in [3.63, 3.8) is 0 Å². The minimum absolute atomic E-state index is 0.00739. The topological polar surface area (TPSA) is 173 Å². The van der Waals surface area contributed by atoms with Crippen LogP contribution in [0.3, 0.4) is 0 Å². The van der Waals surface area contributed by atoms with Crippen LogP contribution in [0.5, 0.6) is 11.5 Å². The van der Waals surface area contributed by atoms with Gasteiger partial charge >= 0.3 is 19.9 Å². The molecule has 13 heteroatoms. The summed E-state index contributed by atoms with van der Waals surface area (Å²) in [6, 6.07) is 22.8. The third-order valence-corrected chi connectivity index (χ3v) is 5.81. The predicted octanol–water partition coefficient (Wildman–Crippen LogP) is 3.53. The molecule has 3 rings (SSSR count). The summed E-state index contributed by atoms with van der Waals surface area (Å²) >= 11 is 0. The van der Waals surface area contributed by atoms with Crippen molar-refractivity contribution < 1.29 is 47.8 Å². The van der Waals surface area contributed by atoms with E-state index < -0.39 is 32.2 Å². The number of ether oxygens (including phenoxy) is 3. The first-order valence-electron chi connectivity index (χ1n) is 11.6.